The van der Waals surface area contributed by atoms with Crippen LogP contribution in [0.2, 0.25) is 0 Å². The number of ether oxygens (including phenoxy) is 2. The second kappa shape index (κ2) is 7.31. The predicted octanol–water partition coefficient (Wildman–Crippen LogP) is 3.25. The molecule has 1 atom stereocenters. The van der Waals surface area contributed by atoms with Gasteiger partial charge in [0.1, 0.15) is 25.6 Å². The number of carbonyl (C=O) groups excluding carboxylic acids is 1. The Kier molecular flexibility index (Phi) is 4.71. The summed E-state index contributed by atoms with van der Waals surface area (Å²) in [6, 6.07) is 13.7. The van der Waals surface area contributed by atoms with E-state index >= 15 is 0 Å². The van der Waals surface area contributed by atoms with Crippen LogP contribution in [0.3, 0.4) is 0 Å². The van der Waals surface area contributed by atoms with E-state index in [0.29, 0.717) is 24.7 Å². The number of aryl methyl sites for hydroxylation is 1. The van der Waals surface area contributed by atoms with Crippen molar-refractivity contribution in [3.05, 3.63) is 53.9 Å². The third-order valence-electron chi connectivity index (χ3n) is 4.79. The number of aromatic nitrogens is 2. The lowest BCUT2D eigenvalue weighted by atomic mass is 10.1. The number of hydrogen-bond acceptors (Lipinski definition) is 4. The van der Waals surface area contributed by atoms with Gasteiger partial charge < -0.3 is 19.4 Å². The molecule has 1 aliphatic rings. The number of hydrogen-bond donors (Lipinski definition) is 1. The van der Waals surface area contributed by atoms with Crippen molar-refractivity contribution in [2.24, 2.45) is 0 Å². The lowest BCUT2D eigenvalue weighted by Gasteiger charge is -2.18. The van der Waals surface area contributed by atoms with Gasteiger partial charge in [0.05, 0.1) is 17.1 Å². The molecule has 0 spiro atoms. The van der Waals surface area contributed by atoms with Crippen LogP contribution in [0.1, 0.15) is 31.3 Å². The molecule has 2 heterocycles. The SMILES string of the molecule is CCc1nc2cc3c(cc2n1CC(=O)NC(C)c1ccccc1)OCCO3. The molecule has 0 aliphatic carbocycles. The molecule has 1 N–H and O–H groups in total. The molecule has 0 saturated heterocycles. The van der Waals surface area contributed by atoms with E-state index in [1.54, 1.807) is 0 Å². The number of nitrogens with one attached hydrogen (secondary N) is 1. The van der Waals surface area contributed by atoms with Gasteiger partial charge in [-0.1, -0.05) is 37.3 Å². The van der Waals surface area contributed by atoms with Crippen LogP contribution in [0.15, 0.2) is 42.5 Å². The zero-order valence-electron chi connectivity index (χ0n) is 15.6. The first kappa shape index (κ1) is 17.4. The summed E-state index contributed by atoms with van der Waals surface area (Å²) in [6.07, 6.45) is 0.739. The average Bonchev–Trinajstić information content (AvgIpc) is 3.03. The normalized spacial score (nSPS) is 14.1. The van der Waals surface area contributed by atoms with Crippen LogP contribution in [0.25, 0.3) is 11.0 Å². The Balaban J connectivity index is 1.59. The van der Waals surface area contributed by atoms with E-state index in [1.807, 2.05) is 60.9 Å². The highest BCUT2D eigenvalue weighted by Gasteiger charge is 2.19. The molecule has 3 aromatic rings. The molecule has 1 unspecified atom stereocenters. The lowest BCUT2D eigenvalue weighted by Crippen LogP contribution is -2.30. The number of imidazole rings is 1. The number of nitrogens with zero attached hydrogens (tertiary/aromatic N) is 2. The first-order valence-corrected chi connectivity index (χ1v) is 9.28. The van der Waals surface area contributed by atoms with Crippen LogP contribution in [0.5, 0.6) is 11.5 Å². The summed E-state index contributed by atoms with van der Waals surface area (Å²) in [6.45, 7) is 5.31. The third-order valence-corrected chi connectivity index (χ3v) is 4.79. The van der Waals surface area contributed by atoms with Crippen molar-refractivity contribution in [1.82, 2.24) is 14.9 Å². The van der Waals surface area contributed by atoms with Gasteiger partial charge >= 0.3 is 0 Å². The molecule has 2 aromatic carbocycles. The maximum atomic E-state index is 12.7. The van der Waals surface area contributed by atoms with Crippen molar-refractivity contribution in [2.45, 2.75) is 32.9 Å². The van der Waals surface area contributed by atoms with Crippen molar-refractivity contribution in [3.63, 3.8) is 0 Å². The van der Waals surface area contributed by atoms with E-state index in [1.165, 1.54) is 0 Å². The first-order valence-electron chi connectivity index (χ1n) is 9.28. The molecular weight excluding hydrogens is 342 g/mol. The Bertz CT molecular complexity index is 966. The fourth-order valence-corrected chi connectivity index (χ4v) is 3.41. The largest absolute Gasteiger partial charge is 0.486 e. The highest BCUT2D eigenvalue weighted by molar-refractivity contribution is 5.84. The van der Waals surface area contributed by atoms with E-state index in [2.05, 4.69) is 10.3 Å². The van der Waals surface area contributed by atoms with Gasteiger partial charge in [0.25, 0.3) is 0 Å². The topological polar surface area (TPSA) is 65.4 Å². The van der Waals surface area contributed by atoms with E-state index in [9.17, 15) is 4.79 Å². The Labute approximate surface area is 158 Å². The van der Waals surface area contributed by atoms with Crippen molar-refractivity contribution < 1.29 is 14.3 Å². The van der Waals surface area contributed by atoms with Gasteiger partial charge in [-0.05, 0) is 12.5 Å². The van der Waals surface area contributed by atoms with Crippen LogP contribution in [0.4, 0.5) is 0 Å². The summed E-state index contributed by atoms with van der Waals surface area (Å²) < 4.78 is 13.3. The van der Waals surface area contributed by atoms with E-state index in [-0.39, 0.29) is 18.5 Å². The number of carbonyl (C=O) groups is 1. The number of amides is 1. The van der Waals surface area contributed by atoms with Gasteiger partial charge in [0.2, 0.25) is 5.91 Å². The Morgan fingerprint density at radius 3 is 2.59 bits per heavy atom. The van der Waals surface area contributed by atoms with Crippen LogP contribution in [0, 0.1) is 0 Å². The Hall–Kier alpha value is -3.02. The van der Waals surface area contributed by atoms with Crippen LogP contribution >= 0.6 is 0 Å². The van der Waals surface area contributed by atoms with Crippen molar-refractivity contribution in [1.29, 1.82) is 0 Å². The summed E-state index contributed by atoms with van der Waals surface area (Å²) in [7, 11) is 0. The minimum atomic E-state index is -0.0527. The maximum Gasteiger partial charge on any atom is 0.240 e. The number of rotatable bonds is 5. The molecule has 0 radical (unpaired) electrons. The molecular formula is C21H23N3O3. The monoisotopic (exact) mass is 365 g/mol. The van der Waals surface area contributed by atoms with Gasteiger partial charge in [-0.2, -0.15) is 0 Å². The lowest BCUT2D eigenvalue weighted by molar-refractivity contribution is -0.122. The van der Waals surface area contributed by atoms with Gasteiger partial charge in [-0.25, -0.2) is 4.98 Å². The molecule has 140 valence electrons. The van der Waals surface area contributed by atoms with Crippen molar-refractivity contribution >= 4 is 16.9 Å². The summed E-state index contributed by atoms with van der Waals surface area (Å²) >= 11 is 0. The fraction of sp³-hybridized carbons (Fsp3) is 0.333. The minimum Gasteiger partial charge on any atom is -0.486 e. The van der Waals surface area contributed by atoms with Crippen molar-refractivity contribution in [3.8, 4) is 11.5 Å². The molecule has 0 bridgehead atoms. The Morgan fingerprint density at radius 2 is 1.89 bits per heavy atom. The molecule has 4 rings (SSSR count). The summed E-state index contributed by atoms with van der Waals surface area (Å²) in [5, 5.41) is 3.07. The molecule has 1 aromatic heterocycles. The molecule has 0 fully saturated rings. The van der Waals surface area contributed by atoms with Crippen molar-refractivity contribution in [2.75, 3.05) is 13.2 Å². The fourth-order valence-electron chi connectivity index (χ4n) is 3.41. The van der Waals surface area contributed by atoms with Gasteiger partial charge in [0, 0.05) is 18.6 Å². The van der Waals surface area contributed by atoms with Crippen LogP contribution in [-0.4, -0.2) is 28.7 Å². The molecule has 0 saturated carbocycles. The van der Waals surface area contributed by atoms with Crippen LogP contribution in [-0.2, 0) is 17.8 Å². The molecule has 6 heteroatoms. The molecule has 6 nitrogen and oxygen atoms in total. The van der Waals surface area contributed by atoms with Gasteiger partial charge in [-0.15, -0.1) is 0 Å². The molecule has 1 amide bonds. The predicted molar refractivity (Wildman–Crippen MR) is 103 cm³/mol. The maximum absolute atomic E-state index is 12.7. The average molecular weight is 365 g/mol. The summed E-state index contributed by atoms with van der Waals surface area (Å²) in [5.41, 5.74) is 2.79. The number of fused-ring (bicyclic) bond motifs is 2. The smallest absolute Gasteiger partial charge is 0.240 e. The highest BCUT2D eigenvalue weighted by Crippen LogP contribution is 2.34. The second-order valence-electron chi connectivity index (χ2n) is 6.65. The Morgan fingerprint density at radius 1 is 1.19 bits per heavy atom. The standard InChI is InChI=1S/C21H23N3O3/c1-3-20-23-16-11-18-19(27-10-9-26-18)12-17(16)24(20)13-21(25)22-14(2)15-7-5-4-6-8-15/h4-8,11-12,14H,3,9-10,13H2,1-2H3,(H,22,25). The van der Waals surface area contributed by atoms with Crippen LogP contribution < -0.4 is 14.8 Å². The van der Waals surface area contributed by atoms with Gasteiger partial charge in [-0.3, -0.25) is 4.79 Å². The van der Waals surface area contributed by atoms with E-state index < -0.39 is 0 Å². The van der Waals surface area contributed by atoms with Gasteiger partial charge in [0.15, 0.2) is 11.5 Å². The van der Waals surface area contributed by atoms with E-state index in [0.717, 1.165) is 28.8 Å². The first-order chi connectivity index (χ1) is 13.2. The zero-order valence-corrected chi connectivity index (χ0v) is 15.6. The summed E-state index contributed by atoms with van der Waals surface area (Å²) in [4.78, 5) is 17.4. The highest BCUT2D eigenvalue weighted by atomic mass is 16.6. The second-order valence-corrected chi connectivity index (χ2v) is 6.65. The quantitative estimate of drug-likeness (QED) is 0.754. The zero-order chi connectivity index (χ0) is 18.8. The van der Waals surface area contributed by atoms with E-state index in [4.69, 9.17) is 9.47 Å². The molecule has 27 heavy (non-hydrogen) atoms. The minimum absolute atomic E-state index is 0.0461. The molecule has 1 aliphatic heterocycles. The number of benzene rings is 2. The third kappa shape index (κ3) is 3.47. The summed E-state index contributed by atoms with van der Waals surface area (Å²) in [5.74, 6) is 2.24.